The lowest BCUT2D eigenvalue weighted by atomic mass is 10.1. The number of amides is 2. The lowest BCUT2D eigenvalue weighted by molar-refractivity contribution is -0.119. The van der Waals surface area contributed by atoms with E-state index >= 15 is 0 Å². The van der Waals surface area contributed by atoms with Crippen molar-refractivity contribution in [1.29, 1.82) is 0 Å². The molecule has 22 heavy (non-hydrogen) atoms. The summed E-state index contributed by atoms with van der Waals surface area (Å²) in [5, 5.41) is 13.0. The quantitative estimate of drug-likeness (QED) is 0.802. The largest absolute Gasteiger partial charge is 0.352 e. The molecule has 2 amide bonds. The van der Waals surface area contributed by atoms with Crippen LogP contribution in [0.5, 0.6) is 0 Å². The fourth-order valence-electron chi connectivity index (χ4n) is 2.46. The molecular weight excluding hydrogens is 304 g/mol. The molecule has 1 aromatic carbocycles. The average molecular weight is 319 g/mol. The first kappa shape index (κ1) is 14.6. The normalized spacial score (nSPS) is 17.3. The van der Waals surface area contributed by atoms with E-state index in [0.29, 0.717) is 29.2 Å². The van der Waals surface area contributed by atoms with E-state index in [2.05, 4.69) is 20.8 Å². The molecule has 6 nitrogen and oxygen atoms in total. The van der Waals surface area contributed by atoms with Gasteiger partial charge >= 0.3 is 0 Å². The van der Waals surface area contributed by atoms with Gasteiger partial charge in [0.05, 0.1) is 17.5 Å². The number of nitrogens with zero attached hydrogens (tertiary/aromatic N) is 1. The highest BCUT2D eigenvalue weighted by atomic mass is 35.5. The fourth-order valence-corrected chi connectivity index (χ4v) is 2.65. The van der Waals surface area contributed by atoms with Crippen molar-refractivity contribution in [2.75, 3.05) is 6.54 Å². The van der Waals surface area contributed by atoms with Crippen molar-refractivity contribution in [1.82, 2.24) is 20.8 Å². The molecule has 2 aromatic rings. The van der Waals surface area contributed by atoms with Gasteiger partial charge in [0, 0.05) is 29.6 Å². The molecule has 1 saturated heterocycles. The number of rotatable bonds is 4. The van der Waals surface area contributed by atoms with Gasteiger partial charge in [0.1, 0.15) is 0 Å². The van der Waals surface area contributed by atoms with Crippen LogP contribution in [0.1, 0.15) is 23.2 Å². The lowest BCUT2D eigenvalue weighted by Crippen LogP contribution is -2.38. The Morgan fingerprint density at radius 1 is 1.45 bits per heavy atom. The van der Waals surface area contributed by atoms with Crippen LogP contribution in [0.2, 0.25) is 5.02 Å². The Kier molecular flexibility index (Phi) is 4.11. The van der Waals surface area contributed by atoms with Gasteiger partial charge in [0.2, 0.25) is 5.91 Å². The molecule has 114 valence electrons. The number of benzene rings is 1. The van der Waals surface area contributed by atoms with Crippen molar-refractivity contribution in [3.05, 3.63) is 41.0 Å². The van der Waals surface area contributed by atoms with Crippen molar-refractivity contribution >= 4 is 23.4 Å². The zero-order valence-corrected chi connectivity index (χ0v) is 12.5. The first-order valence-electron chi connectivity index (χ1n) is 7.00. The van der Waals surface area contributed by atoms with E-state index in [1.165, 1.54) is 6.20 Å². The van der Waals surface area contributed by atoms with Crippen molar-refractivity contribution in [3.8, 4) is 11.3 Å². The van der Waals surface area contributed by atoms with E-state index in [4.69, 9.17) is 11.6 Å². The Morgan fingerprint density at radius 2 is 2.32 bits per heavy atom. The minimum absolute atomic E-state index is 0.00188. The number of hydrogen-bond donors (Lipinski definition) is 3. The molecule has 0 aliphatic carbocycles. The fraction of sp³-hybridized carbons (Fsp3) is 0.267. The third-order valence-corrected chi connectivity index (χ3v) is 3.83. The second-order valence-electron chi connectivity index (χ2n) is 5.18. The Balaban J connectivity index is 1.71. The number of aromatic amines is 1. The number of carbonyl (C=O) groups excluding carboxylic acids is 2. The van der Waals surface area contributed by atoms with Crippen LogP contribution in [0.3, 0.4) is 0 Å². The van der Waals surface area contributed by atoms with Gasteiger partial charge in [-0.1, -0.05) is 23.7 Å². The third-order valence-electron chi connectivity index (χ3n) is 3.59. The molecule has 0 saturated carbocycles. The maximum Gasteiger partial charge on any atom is 0.255 e. The molecule has 3 rings (SSSR count). The Labute approximate surface area is 132 Å². The van der Waals surface area contributed by atoms with Crippen LogP contribution >= 0.6 is 11.6 Å². The highest BCUT2D eigenvalue weighted by Crippen LogP contribution is 2.23. The predicted molar refractivity (Wildman–Crippen MR) is 82.5 cm³/mol. The second kappa shape index (κ2) is 6.19. The molecule has 1 fully saturated rings. The van der Waals surface area contributed by atoms with Crippen LogP contribution < -0.4 is 10.6 Å². The summed E-state index contributed by atoms with van der Waals surface area (Å²) >= 11 is 5.98. The number of carbonyl (C=O) groups is 2. The van der Waals surface area contributed by atoms with Crippen LogP contribution in [-0.4, -0.2) is 34.6 Å². The zero-order valence-electron chi connectivity index (χ0n) is 11.7. The Hall–Kier alpha value is -2.34. The number of aromatic nitrogens is 2. The van der Waals surface area contributed by atoms with E-state index < -0.39 is 0 Å². The standard InChI is InChI=1S/C15H15ClN4O2/c16-10-3-1-2-9(6-10)14-12(8-18-20-14)15(22)17-7-11-4-5-13(21)19-11/h1-3,6,8,11H,4-5,7H2,(H,17,22)(H,18,20)(H,19,21). The highest BCUT2D eigenvalue weighted by molar-refractivity contribution is 6.30. The smallest absolute Gasteiger partial charge is 0.255 e. The second-order valence-corrected chi connectivity index (χ2v) is 5.62. The molecule has 3 N–H and O–H groups in total. The van der Waals surface area contributed by atoms with Crippen LogP contribution in [0.25, 0.3) is 11.3 Å². The van der Waals surface area contributed by atoms with Gasteiger partial charge in [0.15, 0.2) is 0 Å². The highest BCUT2D eigenvalue weighted by Gasteiger charge is 2.22. The Morgan fingerprint density at radius 3 is 3.05 bits per heavy atom. The summed E-state index contributed by atoms with van der Waals surface area (Å²) in [4.78, 5) is 23.5. The Bertz CT molecular complexity index is 713. The van der Waals surface area contributed by atoms with Gasteiger partial charge in [-0.2, -0.15) is 5.10 Å². The van der Waals surface area contributed by atoms with Gasteiger partial charge in [-0.3, -0.25) is 14.7 Å². The summed E-state index contributed by atoms with van der Waals surface area (Å²) < 4.78 is 0. The first-order chi connectivity index (χ1) is 10.6. The minimum atomic E-state index is -0.232. The number of H-pyrrole nitrogens is 1. The maximum absolute atomic E-state index is 12.3. The summed E-state index contributed by atoms with van der Waals surface area (Å²) in [6.45, 7) is 0.407. The summed E-state index contributed by atoms with van der Waals surface area (Å²) in [5.41, 5.74) is 1.87. The molecule has 0 spiro atoms. The molecule has 7 heteroatoms. The van der Waals surface area contributed by atoms with Crippen LogP contribution in [0.15, 0.2) is 30.5 Å². The number of nitrogens with one attached hydrogen (secondary N) is 3. The summed E-state index contributed by atoms with van der Waals surface area (Å²) in [6, 6.07) is 7.20. The predicted octanol–water partition coefficient (Wildman–Crippen LogP) is 1.74. The van der Waals surface area contributed by atoms with E-state index in [1.54, 1.807) is 12.1 Å². The average Bonchev–Trinajstić information content (AvgIpc) is 3.13. The van der Waals surface area contributed by atoms with E-state index in [9.17, 15) is 9.59 Å². The maximum atomic E-state index is 12.3. The van der Waals surface area contributed by atoms with Crippen molar-refractivity contribution in [3.63, 3.8) is 0 Å². The lowest BCUT2D eigenvalue weighted by Gasteiger charge is -2.11. The van der Waals surface area contributed by atoms with E-state index in [0.717, 1.165) is 12.0 Å². The molecule has 1 aromatic heterocycles. The van der Waals surface area contributed by atoms with Crippen LogP contribution in [-0.2, 0) is 4.79 Å². The third kappa shape index (κ3) is 3.12. The number of hydrogen-bond acceptors (Lipinski definition) is 3. The topological polar surface area (TPSA) is 86.9 Å². The summed E-state index contributed by atoms with van der Waals surface area (Å²) in [7, 11) is 0. The molecule has 1 aliphatic rings. The number of halogens is 1. The van der Waals surface area contributed by atoms with Crippen LogP contribution in [0.4, 0.5) is 0 Å². The monoisotopic (exact) mass is 318 g/mol. The summed E-state index contributed by atoms with van der Waals surface area (Å²) in [6.07, 6.45) is 2.74. The van der Waals surface area contributed by atoms with Crippen molar-refractivity contribution in [2.45, 2.75) is 18.9 Å². The van der Waals surface area contributed by atoms with Gasteiger partial charge in [0.25, 0.3) is 5.91 Å². The first-order valence-corrected chi connectivity index (χ1v) is 7.38. The van der Waals surface area contributed by atoms with E-state index in [-0.39, 0.29) is 17.9 Å². The zero-order chi connectivity index (χ0) is 15.5. The van der Waals surface area contributed by atoms with Gasteiger partial charge in [-0.15, -0.1) is 0 Å². The molecule has 1 unspecified atom stereocenters. The molecule has 1 atom stereocenters. The molecular formula is C15H15ClN4O2. The minimum Gasteiger partial charge on any atom is -0.352 e. The molecule has 2 heterocycles. The van der Waals surface area contributed by atoms with E-state index in [1.807, 2.05) is 12.1 Å². The molecule has 0 bridgehead atoms. The van der Waals surface area contributed by atoms with Crippen LogP contribution in [0, 0.1) is 0 Å². The van der Waals surface area contributed by atoms with Crippen molar-refractivity contribution in [2.24, 2.45) is 0 Å². The molecule has 0 radical (unpaired) electrons. The van der Waals surface area contributed by atoms with Gasteiger partial charge in [-0.25, -0.2) is 0 Å². The summed E-state index contributed by atoms with van der Waals surface area (Å²) in [5.74, 6) is -0.202. The molecule has 1 aliphatic heterocycles. The van der Waals surface area contributed by atoms with Gasteiger partial charge < -0.3 is 10.6 Å². The van der Waals surface area contributed by atoms with Gasteiger partial charge in [-0.05, 0) is 18.6 Å². The SMILES string of the molecule is O=C1CCC(CNC(=O)c2cn[nH]c2-c2cccc(Cl)c2)N1. The van der Waals surface area contributed by atoms with Crippen molar-refractivity contribution < 1.29 is 9.59 Å².